The molecule has 0 saturated heterocycles. The lowest BCUT2D eigenvalue weighted by Gasteiger charge is -2.15. The highest BCUT2D eigenvalue weighted by atomic mass is 79.9. The second-order valence-electron chi connectivity index (χ2n) is 4.34. The van der Waals surface area contributed by atoms with Gasteiger partial charge in [0.1, 0.15) is 0 Å². The molecule has 3 N–H and O–H groups in total. The van der Waals surface area contributed by atoms with Crippen molar-refractivity contribution in [2.75, 3.05) is 5.73 Å². The Hall–Kier alpha value is -1.82. The van der Waals surface area contributed by atoms with Crippen LogP contribution < -0.4 is 11.1 Å². The molecule has 19 heavy (non-hydrogen) atoms. The number of amides is 1. The molecule has 0 fully saturated rings. The van der Waals surface area contributed by atoms with Gasteiger partial charge in [-0.2, -0.15) is 0 Å². The first-order valence-corrected chi connectivity index (χ1v) is 6.68. The number of rotatable bonds is 4. The molecule has 0 saturated carbocycles. The fraction of sp³-hybridized carbons (Fsp3) is 0.231. The molecule has 100 valence electrons. The first-order valence-electron chi connectivity index (χ1n) is 5.88. The standard InChI is InChI=1S/C13H15BrN4O/c1-9(7-18-6-5-16-8-18)17-13(19)10-3-2-4-11(15)12(10)14/h2-6,8-9H,7,15H2,1H3,(H,17,19). The van der Waals surface area contributed by atoms with Crippen molar-refractivity contribution in [3.8, 4) is 0 Å². The van der Waals surface area contributed by atoms with Gasteiger partial charge < -0.3 is 15.6 Å². The minimum absolute atomic E-state index is 0.00460. The smallest absolute Gasteiger partial charge is 0.252 e. The van der Waals surface area contributed by atoms with E-state index in [-0.39, 0.29) is 11.9 Å². The Bertz CT molecular complexity index is 568. The summed E-state index contributed by atoms with van der Waals surface area (Å²) in [5, 5.41) is 2.93. The second-order valence-corrected chi connectivity index (χ2v) is 5.14. The quantitative estimate of drug-likeness (QED) is 0.846. The molecular weight excluding hydrogens is 308 g/mol. The van der Waals surface area contributed by atoms with Crippen molar-refractivity contribution in [3.05, 3.63) is 47.0 Å². The highest BCUT2D eigenvalue weighted by Crippen LogP contribution is 2.23. The number of carbonyl (C=O) groups excluding carboxylic acids is 1. The zero-order valence-electron chi connectivity index (χ0n) is 10.5. The largest absolute Gasteiger partial charge is 0.398 e. The van der Waals surface area contributed by atoms with Gasteiger partial charge in [-0.1, -0.05) is 6.07 Å². The highest BCUT2D eigenvalue weighted by Gasteiger charge is 2.14. The van der Waals surface area contributed by atoms with Gasteiger partial charge in [-0.15, -0.1) is 0 Å². The van der Waals surface area contributed by atoms with Crippen LogP contribution in [0.25, 0.3) is 0 Å². The van der Waals surface area contributed by atoms with Gasteiger partial charge in [0.25, 0.3) is 5.91 Å². The summed E-state index contributed by atoms with van der Waals surface area (Å²) in [5.41, 5.74) is 6.85. The van der Waals surface area contributed by atoms with Crippen molar-refractivity contribution in [1.82, 2.24) is 14.9 Å². The molecule has 1 atom stereocenters. The van der Waals surface area contributed by atoms with E-state index in [2.05, 4.69) is 26.2 Å². The molecule has 1 heterocycles. The van der Waals surface area contributed by atoms with Crippen LogP contribution in [0.15, 0.2) is 41.4 Å². The maximum atomic E-state index is 12.1. The number of nitrogens with one attached hydrogen (secondary N) is 1. The molecule has 1 aromatic heterocycles. The van der Waals surface area contributed by atoms with Crippen LogP contribution in [-0.4, -0.2) is 21.5 Å². The average molecular weight is 323 g/mol. The van der Waals surface area contributed by atoms with E-state index in [4.69, 9.17) is 5.73 Å². The summed E-state index contributed by atoms with van der Waals surface area (Å²) in [5.74, 6) is -0.146. The normalized spacial score (nSPS) is 12.1. The zero-order valence-corrected chi connectivity index (χ0v) is 12.1. The van der Waals surface area contributed by atoms with E-state index in [1.165, 1.54) is 0 Å². The molecule has 0 aliphatic rings. The van der Waals surface area contributed by atoms with E-state index in [9.17, 15) is 4.79 Å². The van der Waals surface area contributed by atoms with Crippen LogP contribution in [0.1, 0.15) is 17.3 Å². The van der Waals surface area contributed by atoms with Gasteiger partial charge in [-0.3, -0.25) is 4.79 Å². The fourth-order valence-corrected chi connectivity index (χ4v) is 2.23. The van der Waals surface area contributed by atoms with Crippen molar-refractivity contribution >= 4 is 27.5 Å². The van der Waals surface area contributed by atoms with Crippen molar-refractivity contribution in [1.29, 1.82) is 0 Å². The summed E-state index contributed by atoms with van der Waals surface area (Å²) < 4.78 is 2.54. The van der Waals surface area contributed by atoms with E-state index >= 15 is 0 Å². The summed E-state index contributed by atoms with van der Waals surface area (Å²) in [6, 6.07) is 5.24. The maximum absolute atomic E-state index is 12.1. The van der Waals surface area contributed by atoms with E-state index in [1.807, 2.05) is 17.7 Å². The number of nitrogen functional groups attached to an aromatic ring is 1. The molecule has 0 bridgehead atoms. The predicted molar refractivity (Wildman–Crippen MR) is 77.7 cm³/mol. The molecule has 1 amide bonds. The Balaban J connectivity index is 2.02. The number of imidazole rings is 1. The van der Waals surface area contributed by atoms with Crippen LogP contribution in [0.4, 0.5) is 5.69 Å². The summed E-state index contributed by atoms with van der Waals surface area (Å²) in [7, 11) is 0. The average Bonchev–Trinajstić information content (AvgIpc) is 2.85. The number of benzene rings is 1. The van der Waals surface area contributed by atoms with Crippen molar-refractivity contribution in [3.63, 3.8) is 0 Å². The Morgan fingerprint density at radius 1 is 1.58 bits per heavy atom. The van der Waals surface area contributed by atoms with E-state index in [0.717, 1.165) is 0 Å². The second kappa shape index (κ2) is 5.88. The number of aromatic nitrogens is 2. The van der Waals surface area contributed by atoms with Gasteiger partial charge in [0.15, 0.2) is 0 Å². The van der Waals surface area contributed by atoms with Gasteiger partial charge in [0.2, 0.25) is 0 Å². The monoisotopic (exact) mass is 322 g/mol. The number of anilines is 1. The van der Waals surface area contributed by atoms with Crippen LogP contribution in [0.5, 0.6) is 0 Å². The lowest BCUT2D eigenvalue weighted by atomic mass is 10.2. The van der Waals surface area contributed by atoms with Crippen LogP contribution in [0, 0.1) is 0 Å². The number of hydrogen-bond acceptors (Lipinski definition) is 3. The number of carbonyl (C=O) groups is 1. The van der Waals surface area contributed by atoms with Crippen molar-refractivity contribution < 1.29 is 4.79 Å². The van der Waals surface area contributed by atoms with Crippen LogP contribution in [-0.2, 0) is 6.54 Å². The van der Waals surface area contributed by atoms with Crippen molar-refractivity contribution in [2.45, 2.75) is 19.5 Å². The Morgan fingerprint density at radius 2 is 2.37 bits per heavy atom. The summed E-state index contributed by atoms with van der Waals surface area (Å²) >= 11 is 3.33. The molecule has 0 aliphatic carbocycles. The fourth-order valence-electron chi connectivity index (χ4n) is 1.78. The number of hydrogen-bond donors (Lipinski definition) is 2. The SMILES string of the molecule is CC(Cn1ccnc1)NC(=O)c1cccc(N)c1Br. The molecule has 0 radical (unpaired) electrons. The molecule has 0 spiro atoms. The topological polar surface area (TPSA) is 72.9 Å². The van der Waals surface area contributed by atoms with Crippen LogP contribution in [0.2, 0.25) is 0 Å². The molecule has 1 unspecified atom stereocenters. The first kappa shape index (κ1) is 13.6. The molecule has 2 rings (SSSR count). The van der Waals surface area contributed by atoms with Crippen molar-refractivity contribution in [2.24, 2.45) is 0 Å². The molecular formula is C13H15BrN4O. The summed E-state index contributed by atoms with van der Waals surface area (Å²) in [6.07, 6.45) is 5.29. The third kappa shape index (κ3) is 3.35. The molecule has 6 heteroatoms. The van der Waals surface area contributed by atoms with E-state index < -0.39 is 0 Å². The van der Waals surface area contributed by atoms with E-state index in [1.54, 1.807) is 30.7 Å². The third-order valence-electron chi connectivity index (χ3n) is 2.69. The minimum Gasteiger partial charge on any atom is -0.398 e. The molecule has 0 aliphatic heterocycles. The minimum atomic E-state index is -0.146. The molecule has 1 aromatic carbocycles. The lowest BCUT2D eigenvalue weighted by molar-refractivity contribution is 0.0936. The van der Waals surface area contributed by atoms with Gasteiger partial charge in [-0.05, 0) is 35.0 Å². The Kier molecular flexibility index (Phi) is 4.21. The maximum Gasteiger partial charge on any atom is 0.252 e. The van der Waals surface area contributed by atoms with E-state index in [0.29, 0.717) is 22.3 Å². The summed E-state index contributed by atoms with van der Waals surface area (Å²) in [6.45, 7) is 2.61. The molecule has 5 nitrogen and oxygen atoms in total. The zero-order chi connectivity index (χ0) is 13.8. The number of nitrogens with two attached hydrogens (primary N) is 1. The Labute approximate surface area is 120 Å². The van der Waals surface area contributed by atoms with Gasteiger partial charge in [0, 0.05) is 30.7 Å². The molecule has 2 aromatic rings. The third-order valence-corrected chi connectivity index (χ3v) is 3.58. The first-order chi connectivity index (χ1) is 9.08. The van der Waals surface area contributed by atoms with Gasteiger partial charge >= 0.3 is 0 Å². The Morgan fingerprint density at radius 3 is 3.05 bits per heavy atom. The lowest BCUT2D eigenvalue weighted by Crippen LogP contribution is -2.35. The predicted octanol–water partition coefficient (Wildman–Crippen LogP) is 2.05. The van der Waals surface area contributed by atoms with Gasteiger partial charge in [0.05, 0.1) is 16.4 Å². The van der Waals surface area contributed by atoms with Crippen LogP contribution >= 0.6 is 15.9 Å². The van der Waals surface area contributed by atoms with Gasteiger partial charge in [-0.25, -0.2) is 4.98 Å². The van der Waals surface area contributed by atoms with Crippen LogP contribution in [0.3, 0.4) is 0 Å². The summed E-state index contributed by atoms with van der Waals surface area (Å²) in [4.78, 5) is 16.1. The highest BCUT2D eigenvalue weighted by molar-refractivity contribution is 9.10. The number of nitrogens with zero attached hydrogens (tertiary/aromatic N) is 2. The number of halogens is 1.